The Labute approximate surface area is 68.2 Å². The molecular weight excluding hydrogens is 143 g/mol. The van der Waals surface area contributed by atoms with Gasteiger partial charge in [-0.15, -0.1) is 0 Å². The van der Waals surface area contributed by atoms with Crippen LogP contribution in [0.1, 0.15) is 33.1 Å². The molecule has 0 spiro atoms. The molecule has 1 atom stereocenters. The SMILES string of the molecule is CC.COC1CC=C(F)CC1. The Hall–Kier alpha value is -0.370. The van der Waals surface area contributed by atoms with Crippen molar-refractivity contribution in [2.24, 2.45) is 0 Å². The van der Waals surface area contributed by atoms with E-state index in [1.54, 1.807) is 13.2 Å². The fourth-order valence-corrected chi connectivity index (χ4v) is 0.992. The molecule has 11 heavy (non-hydrogen) atoms. The van der Waals surface area contributed by atoms with Crippen LogP contribution in [0, 0.1) is 0 Å². The van der Waals surface area contributed by atoms with Crippen molar-refractivity contribution < 1.29 is 9.13 Å². The lowest BCUT2D eigenvalue weighted by molar-refractivity contribution is 0.0913. The zero-order valence-corrected chi connectivity index (χ0v) is 7.56. The van der Waals surface area contributed by atoms with Gasteiger partial charge in [0.2, 0.25) is 0 Å². The van der Waals surface area contributed by atoms with Crippen LogP contribution in [0.4, 0.5) is 4.39 Å². The summed E-state index contributed by atoms with van der Waals surface area (Å²) >= 11 is 0. The molecule has 1 aliphatic carbocycles. The van der Waals surface area contributed by atoms with Crippen molar-refractivity contribution >= 4 is 0 Å². The van der Waals surface area contributed by atoms with Gasteiger partial charge in [0.15, 0.2) is 0 Å². The molecule has 1 unspecified atom stereocenters. The first-order chi connectivity index (χ1) is 5.33. The minimum atomic E-state index is 0.0169. The lowest BCUT2D eigenvalue weighted by atomic mass is 10.0. The summed E-state index contributed by atoms with van der Waals surface area (Å²) in [5, 5.41) is 0. The van der Waals surface area contributed by atoms with Crippen LogP contribution in [0.2, 0.25) is 0 Å². The molecule has 0 radical (unpaired) electrons. The molecule has 66 valence electrons. The highest BCUT2D eigenvalue weighted by Crippen LogP contribution is 2.20. The second-order valence-electron chi connectivity index (χ2n) is 2.28. The molecule has 0 N–H and O–H groups in total. The van der Waals surface area contributed by atoms with Crippen molar-refractivity contribution in [3.05, 3.63) is 11.9 Å². The van der Waals surface area contributed by atoms with E-state index in [4.69, 9.17) is 4.74 Å². The minimum Gasteiger partial charge on any atom is -0.381 e. The molecule has 0 aromatic rings. The average molecular weight is 160 g/mol. The van der Waals surface area contributed by atoms with E-state index >= 15 is 0 Å². The van der Waals surface area contributed by atoms with Gasteiger partial charge in [0.1, 0.15) is 0 Å². The summed E-state index contributed by atoms with van der Waals surface area (Å²) in [6.07, 6.45) is 3.99. The van der Waals surface area contributed by atoms with E-state index in [0.717, 1.165) is 12.8 Å². The van der Waals surface area contributed by atoms with Gasteiger partial charge in [0.05, 0.1) is 11.9 Å². The number of allylic oxidation sites excluding steroid dienone is 1. The summed E-state index contributed by atoms with van der Waals surface area (Å²) in [4.78, 5) is 0. The quantitative estimate of drug-likeness (QED) is 0.572. The van der Waals surface area contributed by atoms with Crippen LogP contribution in [0.5, 0.6) is 0 Å². The fraction of sp³-hybridized carbons (Fsp3) is 0.778. The van der Waals surface area contributed by atoms with Crippen LogP contribution >= 0.6 is 0 Å². The first-order valence-electron chi connectivity index (χ1n) is 4.20. The van der Waals surface area contributed by atoms with Crippen molar-refractivity contribution in [2.45, 2.75) is 39.2 Å². The maximum absolute atomic E-state index is 12.3. The normalized spacial score (nSPS) is 23.3. The Morgan fingerprint density at radius 3 is 2.55 bits per heavy atom. The smallest absolute Gasteiger partial charge is 0.0961 e. The number of methoxy groups -OCH3 is 1. The van der Waals surface area contributed by atoms with Gasteiger partial charge >= 0.3 is 0 Å². The molecule has 1 rings (SSSR count). The molecule has 0 saturated carbocycles. The molecule has 0 amide bonds. The predicted molar refractivity (Wildman–Crippen MR) is 45.2 cm³/mol. The molecule has 0 saturated heterocycles. The summed E-state index contributed by atoms with van der Waals surface area (Å²) in [5.41, 5.74) is 0. The number of rotatable bonds is 1. The summed E-state index contributed by atoms with van der Waals surface area (Å²) in [6, 6.07) is 0. The maximum atomic E-state index is 12.3. The Morgan fingerprint density at radius 1 is 1.55 bits per heavy atom. The van der Waals surface area contributed by atoms with E-state index < -0.39 is 0 Å². The number of hydrogen-bond donors (Lipinski definition) is 0. The van der Waals surface area contributed by atoms with Crippen LogP contribution in [-0.2, 0) is 4.74 Å². The highest BCUT2D eigenvalue weighted by Gasteiger charge is 2.12. The molecule has 0 bridgehead atoms. The third-order valence-corrected chi connectivity index (χ3v) is 1.64. The lowest BCUT2D eigenvalue weighted by Crippen LogP contribution is -2.12. The first-order valence-corrected chi connectivity index (χ1v) is 4.20. The lowest BCUT2D eigenvalue weighted by Gasteiger charge is -2.16. The molecule has 0 fully saturated rings. The Kier molecular flexibility index (Phi) is 6.13. The van der Waals surface area contributed by atoms with Crippen LogP contribution in [0.15, 0.2) is 11.9 Å². The zero-order valence-electron chi connectivity index (χ0n) is 7.56. The van der Waals surface area contributed by atoms with E-state index in [1.807, 2.05) is 13.8 Å². The van der Waals surface area contributed by atoms with E-state index in [2.05, 4.69) is 0 Å². The predicted octanol–water partition coefficient (Wildman–Crippen LogP) is 3.06. The summed E-state index contributed by atoms with van der Waals surface area (Å²) in [7, 11) is 1.67. The van der Waals surface area contributed by atoms with Crippen molar-refractivity contribution in [2.75, 3.05) is 7.11 Å². The summed E-state index contributed by atoms with van der Waals surface area (Å²) in [5.74, 6) is 0.0169. The number of ether oxygens (including phenoxy) is 1. The Bertz CT molecular complexity index is 121. The van der Waals surface area contributed by atoms with E-state index in [1.165, 1.54) is 0 Å². The third kappa shape index (κ3) is 4.14. The highest BCUT2D eigenvalue weighted by molar-refractivity contribution is 4.98. The van der Waals surface area contributed by atoms with E-state index in [9.17, 15) is 4.39 Å². The van der Waals surface area contributed by atoms with Crippen molar-refractivity contribution in [1.29, 1.82) is 0 Å². The molecule has 0 aromatic carbocycles. The Balaban J connectivity index is 0.000000461. The topological polar surface area (TPSA) is 9.23 Å². The second kappa shape index (κ2) is 6.35. The monoisotopic (exact) mass is 160 g/mol. The summed E-state index contributed by atoms with van der Waals surface area (Å²) in [6.45, 7) is 4.00. The van der Waals surface area contributed by atoms with E-state index in [-0.39, 0.29) is 11.9 Å². The molecule has 0 aromatic heterocycles. The third-order valence-electron chi connectivity index (χ3n) is 1.64. The van der Waals surface area contributed by atoms with Gasteiger partial charge < -0.3 is 4.74 Å². The molecule has 1 nitrogen and oxygen atoms in total. The minimum absolute atomic E-state index is 0.0169. The fourth-order valence-electron chi connectivity index (χ4n) is 0.992. The second-order valence-corrected chi connectivity index (χ2v) is 2.28. The van der Waals surface area contributed by atoms with Crippen molar-refractivity contribution in [3.8, 4) is 0 Å². The van der Waals surface area contributed by atoms with Crippen molar-refractivity contribution in [3.63, 3.8) is 0 Å². The van der Waals surface area contributed by atoms with Gasteiger partial charge in [-0.3, -0.25) is 0 Å². The van der Waals surface area contributed by atoms with Crippen LogP contribution in [0.25, 0.3) is 0 Å². The van der Waals surface area contributed by atoms with Gasteiger partial charge in [-0.2, -0.15) is 0 Å². The number of halogens is 1. The number of hydrogen-bond acceptors (Lipinski definition) is 1. The van der Waals surface area contributed by atoms with Crippen molar-refractivity contribution in [1.82, 2.24) is 0 Å². The molecular formula is C9H17FO. The largest absolute Gasteiger partial charge is 0.381 e. The zero-order chi connectivity index (χ0) is 8.69. The van der Waals surface area contributed by atoms with Gasteiger partial charge in [-0.1, -0.05) is 19.9 Å². The molecule has 0 aliphatic heterocycles. The molecule has 1 aliphatic rings. The Morgan fingerprint density at radius 2 is 2.18 bits per heavy atom. The van der Waals surface area contributed by atoms with Gasteiger partial charge in [-0.25, -0.2) is 4.39 Å². The molecule has 2 heteroatoms. The standard InChI is InChI=1S/C7H11FO.C2H6/c1-9-7-4-2-6(8)3-5-7;1-2/h2,7H,3-5H2,1H3;1-2H3. The van der Waals surface area contributed by atoms with Gasteiger partial charge in [0.25, 0.3) is 0 Å². The first kappa shape index (κ1) is 10.6. The van der Waals surface area contributed by atoms with Crippen LogP contribution in [0.3, 0.4) is 0 Å². The van der Waals surface area contributed by atoms with Gasteiger partial charge in [0, 0.05) is 13.5 Å². The van der Waals surface area contributed by atoms with Crippen LogP contribution < -0.4 is 0 Å². The van der Waals surface area contributed by atoms with E-state index in [0.29, 0.717) is 6.42 Å². The molecule has 0 heterocycles. The highest BCUT2D eigenvalue weighted by atomic mass is 19.1. The summed E-state index contributed by atoms with van der Waals surface area (Å²) < 4.78 is 17.3. The van der Waals surface area contributed by atoms with Gasteiger partial charge in [-0.05, 0) is 12.8 Å². The maximum Gasteiger partial charge on any atom is 0.0961 e. The average Bonchev–Trinajstić information content (AvgIpc) is 2.10. The van der Waals surface area contributed by atoms with Crippen LogP contribution in [-0.4, -0.2) is 13.2 Å².